The second-order valence-corrected chi connectivity index (χ2v) is 3.87. The number of rotatable bonds is 7. The number of alkyl halides is 3. The van der Waals surface area contributed by atoms with Crippen molar-refractivity contribution in [3.05, 3.63) is 0 Å². The first-order valence-electron chi connectivity index (χ1n) is 4.64. The Morgan fingerprint density at radius 1 is 1.25 bits per heavy atom. The summed E-state index contributed by atoms with van der Waals surface area (Å²) in [5.41, 5.74) is -4.34. The zero-order chi connectivity index (χ0) is 11.7. The van der Waals surface area contributed by atoms with Crippen LogP contribution in [0.1, 0.15) is 13.3 Å². The van der Waals surface area contributed by atoms with E-state index >= 15 is 0 Å². The van der Waals surface area contributed by atoms with E-state index in [9.17, 15) is 18.0 Å². The maximum Gasteiger partial charge on any atom is 0.442 e. The Balaban J connectivity index is 0. The van der Waals surface area contributed by atoms with Gasteiger partial charge >= 0.3 is 5.51 Å². The summed E-state index contributed by atoms with van der Waals surface area (Å²) in [7, 11) is 0. The molecule has 3 nitrogen and oxygen atoms in total. The first-order chi connectivity index (χ1) is 6.95. The van der Waals surface area contributed by atoms with Gasteiger partial charge in [0.2, 0.25) is 5.91 Å². The molecule has 0 aliphatic rings. The molecule has 0 spiro atoms. The van der Waals surface area contributed by atoms with Crippen molar-refractivity contribution in [1.29, 1.82) is 0 Å². The van der Waals surface area contributed by atoms with Crippen LogP contribution in [0.3, 0.4) is 0 Å². The van der Waals surface area contributed by atoms with Crippen molar-refractivity contribution in [2.45, 2.75) is 18.9 Å². The molecule has 16 heavy (non-hydrogen) atoms. The van der Waals surface area contributed by atoms with Gasteiger partial charge in [0.1, 0.15) is 0 Å². The summed E-state index contributed by atoms with van der Waals surface area (Å²) in [4.78, 5) is 10.9. The standard InChI is InChI=1S/C8H15F3N2OS.ClH/c1-2-3-12-4-5-13-7(14)6-15-8(9,10)11;/h12H,2-6H2,1H3,(H,13,14);1H. The average Bonchev–Trinajstić information content (AvgIpc) is 2.13. The van der Waals surface area contributed by atoms with E-state index in [4.69, 9.17) is 0 Å². The van der Waals surface area contributed by atoms with Crippen molar-refractivity contribution in [2.75, 3.05) is 25.4 Å². The van der Waals surface area contributed by atoms with Crippen LogP contribution < -0.4 is 10.6 Å². The molecule has 2 N–H and O–H groups in total. The zero-order valence-corrected chi connectivity index (χ0v) is 10.5. The summed E-state index contributed by atoms with van der Waals surface area (Å²) in [5.74, 6) is -1.16. The molecule has 1 amide bonds. The zero-order valence-electron chi connectivity index (χ0n) is 8.89. The highest BCUT2D eigenvalue weighted by atomic mass is 35.5. The van der Waals surface area contributed by atoms with Gasteiger partial charge in [-0.1, -0.05) is 6.92 Å². The minimum atomic E-state index is -4.34. The van der Waals surface area contributed by atoms with E-state index in [1.54, 1.807) is 0 Å². The van der Waals surface area contributed by atoms with E-state index in [1.807, 2.05) is 6.92 Å². The Morgan fingerprint density at radius 3 is 2.38 bits per heavy atom. The minimum Gasteiger partial charge on any atom is -0.354 e. The fourth-order valence-electron chi connectivity index (χ4n) is 0.790. The molecule has 0 radical (unpaired) electrons. The lowest BCUT2D eigenvalue weighted by Crippen LogP contribution is -2.33. The molecule has 0 aromatic rings. The lowest BCUT2D eigenvalue weighted by atomic mass is 10.4. The van der Waals surface area contributed by atoms with Crippen LogP contribution in [0.25, 0.3) is 0 Å². The van der Waals surface area contributed by atoms with Crippen LogP contribution in [0.2, 0.25) is 0 Å². The molecule has 0 aromatic heterocycles. The number of thioether (sulfide) groups is 1. The fourth-order valence-corrected chi connectivity index (χ4v) is 1.19. The summed E-state index contributed by atoms with van der Waals surface area (Å²) >= 11 is -0.322. The molecule has 0 saturated carbocycles. The Morgan fingerprint density at radius 2 is 1.88 bits per heavy atom. The van der Waals surface area contributed by atoms with Crippen LogP contribution in [0, 0.1) is 0 Å². The van der Waals surface area contributed by atoms with Crippen molar-refractivity contribution in [3.8, 4) is 0 Å². The van der Waals surface area contributed by atoms with Gasteiger partial charge in [0.25, 0.3) is 0 Å². The molecule has 98 valence electrons. The fraction of sp³-hybridized carbons (Fsp3) is 0.875. The van der Waals surface area contributed by atoms with Gasteiger partial charge in [0.05, 0.1) is 5.75 Å². The molecule has 0 saturated heterocycles. The Labute approximate surface area is 103 Å². The van der Waals surface area contributed by atoms with Crippen LogP contribution in [0.15, 0.2) is 0 Å². The first kappa shape index (κ1) is 18.2. The monoisotopic (exact) mass is 280 g/mol. The number of halogens is 4. The molecule has 0 fully saturated rings. The molecule has 0 rings (SSSR count). The lowest BCUT2D eigenvalue weighted by Gasteiger charge is -2.07. The molecule has 8 heteroatoms. The van der Waals surface area contributed by atoms with Crippen LogP contribution in [0.5, 0.6) is 0 Å². The molecule has 0 unspecified atom stereocenters. The molecule has 0 heterocycles. The number of carbonyl (C=O) groups excluding carboxylic acids is 1. The van der Waals surface area contributed by atoms with Crippen LogP contribution in [-0.2, 0) is 4.79 Å². The number of hydrogen-bond donors (Lipinski definition) is 2. The lowest BCUT2D eigenvalue weighted by molar-refractivity contribution is -0.118. The largest absolute Gasteiger partial charge is 0.442 e. The number of amides is 1. The van der Waals surface area contributed by atoms with Crippen LogP contribution >= 0.6 is 24.2 Å². The van der Waals surface area contributed by atoms with E-state index in [0.717, 1.165) is 13.0 Å². The SMILES string of the molecule is CCCNCCNC(=O)CSC(F)(F)F.Cl. The van der Waals surface area contributed by atoms with Gasteiger partial charge in [-0.15, -0.1) is 12.4 Å². The second-order valence-electron chi connectivity index (χ2n) is 2.83. The third-order valence-electron chi connectivity index (χ3n) is 1.42. The van der Waals surface area contributed by atoms with Gasteiger partial charge in [-0.05, 0) is 24.7 Å². The number of hydrogen-bond acceptors (Lipinski definition) is 3. The molecule has 0 aromatic carbocycles. The van der Waals surface area contributed by atoms with Gasteiger partial charge in [-0.25, -0.2) is 0 Å². The van der Waals surface area contributed by atoms with Crippen molar-refractivity contribution in [1.82, 2.24) is 10.6 Å². The number of carbonyl (C=O) groups is 1. The molecule has 0 aliphatic heterocycles. The number of nitrogens with one attached hydrogen (secondary N) is 2. The molecule has 0 aliphatic carbocycles. The van der Waals surface area contributed by atoms with Gasteiger partial charge in [0, 0.05) is 13.1 Å². The minimum absolute atomic E-state index is 0. The van der Waals surface area contributed by atoms with Crippen molar-refractivity contribution >= 4 is 30.1 Å². The van der Waals surface area contributed by atoms with Crippen molar-refractivity contribution in [3.63, 3.8) is 0 Å². The van der Waals surface area contributed by atoms with E-state index in [2.05, 4.69) is 10.6 Å². The maximum absolute atomic E-state index is 11.7. The predicted octanol–water partition coefficient (Wildman–Crippen LogP) is 1.78. The average molecular weight is 281 g/mol. The molecule has 0 bridgehead atoms. The third kappa shape index (κ3) is 13.9. The topological polar surface area (TPSA) is 41.1 Å². The highest BCUT2D eigenvalue weighted by Crippen LogP contribution is 2.29. The Hall–Kier alpha value is -0.140. The third-order valence-corrected chi connectivity index (χ3v) is 2.15. The van der Waals surface area contributed by atoms with E-state index in [-0.39, 0.29) is 24.2 Å². The van der Waals surface area contributed by atoms with Crippen LogP contribution in [-0.4, -0.2) is 36.8 Å². The summed E-state index contributed by atoms with van der Waals surface area (Å²) in [6, 6.07) is 0. The summed E-state index contributed by atoms with van der Waals surface area (Å²) < 4.78 is 35.0. The van der Waals surface area contributed by atoms with Gasteiger partial charge < -0.3 is 10.6 Å². The van der Waals surface area contributed by atoms with Crippen molar-refractivity contribution in [2.24, 2.45) is 0 Å². The summed E-state index contributed by atoms with van der Waals surface area (Å²) in [6.45, 7) is 3.78. The van der Waals surface area contributed by atoms with Gasteiger partial charge in [-0.3, -0.25) is 4.79 Å². The first-order valence-corrected chi connectivity index (χ1v) is 5.62. The van der Waals surface area contributed by atoms with E-state index in [1.165, 1.54) is 0 Å². The highest BCUT2D eigenvalue weighted by Gasteiger charge is 2.28. The molecular weight excluding hydrogens is 265 g/mol. The van der Waals surface area contributed by atoms with E-state index in [0.29, 0.717) is 13.1 Å². The van der Waals surface area contributed by atoms with Crippen LogP contribution in [0.4, 0.5) is 13.2 Å². The van der Waals surface area contributed by atoms with Gasteiger partial charge in [-0.2, -0.15) is 13.2 Å². The normalized spacial score (nSPS) is 10.8. The summed E-state index contributed by atoms with van der Waals surface area (Å²) in [6.07, 6.45) is 0.984. The highest BCUT2D eigenvalue weighted by molar-refractivity contribution is 8.00. The second kappa shape index (κ2) is 10.0. The predicted molar refractivity (Wildman–Crippen MR) is 61.9 cm³/mol. The Bertz CT molecular complexity index is 193. The van der Waals surface area contributed by atoms with Crippen molar-refractivity contribution < 1.29 is 18.0 Å². The van der Waals surface area contributed by atoms with E-state index < -0.39 is 17.2 Å². The summed E-state index contributed by atoms with van der Waals surface area (Å²) in [5, 5.41) is 5.41. The van der Waals surface area contributed by atoms with Gasteiger partial charge in [0.15, 0.2) is 0 Å². The maximum atomic E-state index is 11.7. The Kier molecular flexibility index (Phi) is 11.4. The quantitative estimate of drug-likeness (QED) is 0.699. The molecule has 0 atom stereocenters. The smallest absolute Gasteiger partial charge is 0.354 e. The molecular formula is C8H16ClF3N2OS.